The minimum Gasteiger partial charge on any atom is -0.476 e. The average molecular weight is 299 g/mol. The van der Waals surface area contributed by atoms with Crippen molar-refractivity contribution in [3.63, 3.8) is 0 Å². The third kappa shape index (κ3) is 2.77. The predicted molar refractivity (Wildman–Crippen MR) is 71.9 cm³/mol. The van der Waals surface area contributed by atoms with Gasteiger partial charge in [-0.05, 0) is 18.2 Å². The van der Waals surface area contributed by atoms with Crippen LogP contribution in [0.4, 0.5) is 0 Å². The first kappa shape index (κ1) is 13.6. The van der Waals surface area contributed by atoms with Crippen LogP contribution < -0.4 is 5.32 Å². The number of carbonyl (C=O) groups is 2. The van der Waals surface area contributed by atoms with E-state index < -0.39 is 11.9 Å². The summed E-state index contributed by atoms with van der Waals surface area (Å²) in [4.78, 5) is 26.7. The van der Waals surface area contributed by atoms with Gasteiger partial charge >= 0.3 is 5.97 Å². The van der Waals surface area contributed by atoms with Crippen molar-refractivity contribution in [1.82, 2.24) is 5.32 Å². The average Bonchev–Trinajstić information content (AvgIpc) is 2.76. The van der Waals surface area contributed by atoms with Crippen molar-refractivity contribution in [2.24, 2.45) is 4.99 Å². The van der Waals surface area contributed by atoms with Gasteiger partial charge in [-0.3, -0.25) is 9.79 Å². The summed E-state index contributed by atoms with van der Waals surface area (Å²) in [6, 6.07) is 4.66. The summed E-state index contributed by atoms with van der Waals surface area (Å²) in [5.41, 5.74) is 0.0633. The second-order valence-corrected chi connectivity index (χ2v) is 4.48. The SMILES string of the molecule is O=C(O)C1=NCC=C1NC(=O)c1c(Cl)cccc1Cl. The van der Waals surface area contributed by atoms with Crippen LogP contribution in [0.5, 0.6) is 0 Å². The molecule has 1 aromatic carbocycles. The molecule has 98 valence electrons. The van der Waals surface area contributed by atoms with E-state index in [1.54, 1.807) is 6.07 Å². The summed E-state index contributed by atoms with van der Waals surface area (Å²) in [7, 11) is 0. The molecule has 0 radical (unpaired) electrons. The van der Waals surface area contributed by atoms with Crippen LogP contribution in [0.25, 0.3) is 0 Å². The molecule has 1 aromatic rings. The molecular formula is C12H8Cl2N2O3. The monoisotopic (exact) mass is 298 g/mol. The standard InChI is InChI=1S/C12H8Cl2N2O3/c13-6-2-1-3-7(14)9(6)11(17)16-8-4-5-15-10(8)12(18)19/h1-4H,5H2,(H,16,17)(H,18,19). The van der Waals surface area contributed by atoms with Gasteiger partial charge in [0.2, 0.25) is 0 Å². The van der Waals surface area contributed by atoms with Crippen LogP contribution in [0.1, 0.15) is 10.4 Å². The minimum atomic E-state index is -1.20. The number of carbonyl (C=O) groups excluding carboxylic acids is 1. The zero-order chi connectivity index (χ0) is 14.0. The van der Waals surface area contributed by atoms with Crippen LogP contribution in [0, 0.1) is 0 Å². The van der Waals surface area contributed by atoms with Crippen LogP contribution in [0.2, 0.25) is 10.0 Å². The molecule has 0 saturated carbocycles. The van der Waals surface area contributed by atoms with Gasteiger partial charge in [0.05, 0.1) is 27.9 Å². The fourth-order valence-electron chi connectivity index (χ4n) is 1.60. The second-order valence-electron chi connectivity index (χ2n) is 3.66. The summed E-state index contributed by atoms with van der Waals surface area (Å²) in [6.07, 6.45) is 1.51. The molecule has 0 spiro atoms. The smallest absolute Gasteiger partial charge is 0.356 e. The Hall–Kier alpha value is -1.85. The Balaban J connectivity index is 2.24. The molecule has 1 amide bonds. The molecule has 7 heteroatoms. The molecular weight excluding hydrogens is 291 g/mol. The Labute approximate surface area is 118 Å². The van der Waals surface area contributed by atoms with Crippen molar-refractivity contribution in [3.05, 3.63) is 45.6 Å². The van der Waals surface area contributed by atoms with Crippen LogP contribution in [0.15, 0.2) is 35.0 Å². The van der Waals surface area contributed by atoms with E-state index >= 15 is 0 Å². The lowest BCUT2D eigenvalue weighted by Gasteiger charge is -2.09. The first-order valence-electron chi connectivity index (χ1n) is 5.24. The number of nitrogens with one attached hydrogen (secondary N) is 1. The maximum atomic E-state index is 12.0. The van der Waals surface area contributed by atoms with Gasteiger partial charge in [-0.2, -0.15) is 0 Å². The Morgan fingerprint density at radius 1 is 1.26 bits per heavy atom. The third-order valence-electron chi connectivity index (χ3n) is 2.44. The quantitative estimate of drug-likeness (QED) is 0.897. The van der Waals surface area contributed by atoms with Crippen LogP contribution in [-0.4, -0.2) is 29.2 Å². The van der Waals surface area contributed by atoms with Gasteiger partial charge in [-0.15, -0.1) is 0 Å². The van der Waals surface area contributed by atoms with E-state index in [4.69, 9.17) is 28.3 Å². The number of rotatable bonds is 3. The van der Waals surface area contributed by atoms with Gasteiger partial charge in [0.25, 0.3) is 5.91 Å². The molecule has 0 saturated heterocycles. The van der Waals surface area contributed by atoms with Crippen molar-refractivity contribution in [2.45, 2.75) is 0 Å². The van der Waals surface area contributed by atoms with E-state index in [2.05, 4.69) is 10.3 Å². The van der Waals surface area contributed by atoms with Gasteiger partial charge in [0, 0.05) is 0 Å². The van der Waals surface area contributed by atoms with Crippen LogP contribution in [0.3, 0.4) is 0 Å². The van der Waals surface area contributed by atoms with E-state index in [0.29, 0.717) is 0 Å². The van der Waals surface area contributed by atoms with Gasteiger partial charge in [-0.1, -0.05) is 29.3 Å². The number of hydrogen-bond acceptors (Lipinski definition) is 3. The lowest BCUT2D eigenvalue weighted by atomic mass is 10.2. The lowest BCUT2D eigenvalue weighted by Crippen LogP contribution is -2.30. The number of benzene rings is 1. The molecule has 2 rings (SSSR count). The molecule has 1 heterocycles. The number of nitrogens with zero attached hydrogens (tertiary/aromatic N) is 1. The van der Waals surface area contributed by atoms with Crippen molar-refractivity contribution >= 4 is 40.8 Å². The highest BCUT2D eigenvalue weighted by Gasteiger charge is 2.23. The number of hydrogen-bond donors (Lipinski definition) is 2. The summed E-state index contributed by atoms with van der Waals surface area (Å²) in [5, 5.41) is 11.7. The largest absolute Gasteiger partial charge is 0.476 e. The molecule has 0 fully saturated rings. The fourth-order valence-corrected chi connectivity index (χ4v) is 2.17. The molecule has 2 N–H and O–H groups in total. The van der Waals surface area contributed by atoms with E-state index in [0.717, 1.165) is 0 Å². The highest BCUT2D eigenvalue weighted by molar-refractivity contribution is 6.44. The van der Waals surface area contributed by atoms with Crippen molar-refractivity contribution in [1.29, 1.82) is 0 Å². The van der Waals surface area contributed by atoms with Gasteiger partial charge in [0.15, 0.2) is 5.71 Å². The fraction of sp³-hybridized carbons (Fsp3) is 0.0833. The Morgan fingerprint density at radius 3 is 2.47 bits per heavy atom. The van der Waals surface area contributed by atoms with Crippen molar-refractivity contribution in [2.75, 3.05) is 6.54 Å². The lowest BCUT2D eigenvalue weighted by molar-refractivity contribution is -0.129. The van der Waals surface area contributed by atoms with Gasteiger partial charge < -0.3 is 10.4 Å². The van der Waals surface area contributed by atoms with E-state index in [-0.39, 0.29) is 33.6 Å². The van der Waals surface area contributed by atoms with E-state index in [1.165, 1.54) is 18.2 Å². The second kappa shape index (κ2) is 5.42. The van der Waals surface area contributed by atoms with Gasteiger partial charge in [0.1, 0.15) is 0 Å². The normalized spacial score (nSPS) is 13.8. The maximum absolute atomic E-state index is 12.0. The number of carboxylic acids is 1. The molecule has 0 aliphatic carbocycles. The zero-order valence-electron chi connectivity index (χ0n) is 9.48. The number of aliphatic carboxylic acids is 1. The maximum Gasteiger partial charge on any atom is 0.356 e. The van der Waals surface area contributed by atoms with Gasteiger partial charge in [-0.25, -0.2) is 4.79 Å². The zero-order valence-corrected chi connectivity index (χ0v) is 11.0. The molecule has 19 heavy (non-hydrogen) atoms. The number of aliphatic imine (C=N–C) groups is 1. The predicted octanol–water partition coefficient (Wildman–Crippen LogP) is 2.15. The Bertz CT molecular complexity index is 603. The summed E-state index contributed by atoms with van der Waals surface area (Å²) in [5.74, 6) is -1.77. The first-order valence-corrected chi connectivity index (χ1v) is 6.00. The summed E-state index contributed by atoms with van der Waals surface area (Å²) >= 11 is 11.8. The highest BCUT2D eigenvalue weighted by atomic mass is 35.5. The van der Waals surface area contributed by atoms with E-state index in [9.17, 15) is 9.59 Å². The van der Waals surface area contributed by atoms with Crippen LogP contribution in [-0.2, 0) is 4.79 Å². The molecule has 5 nitrogen and oxygen atoms in total. The third-order valence-corrected chi connectivity index (χ3v) is 3.07. The van der Waals surface area contributed by atoms with Crippen molar-refractivity contribution in [3.8, 4) is 0 Å². The minimum absolute atomic E-state index is 0.100. The number of carboxylic acid groups (broad SMARTS) is 1. The first-order chi connectivity index (χ1) is 9.00. The topological polar surface area (TPSA) is 78.8 Å². The summed E-state index contributed by atoms with van der Waals surface area (Å²) < 4.78 is 0. The molecule has 0 atom stereocenters. The van der Waals surface area contributed by atoms with E-state index in [1.807, 2.05) is 0 Å². The molecule has 0 unspecified atom stereocenters. The molecule has 1 aliphatic heterocycles. The Morgan fingerprint density at radius 2 is 1.89 bits per heavy atom. The summed E-state index contributed by atoms with van der Waals surface area (Å²) in [6.45, 7) is 0.216. The number of halogens is 2. The Kier molecular flexibility index (Phi) is 3.87. The highest BCUT2D eigenvalue weighted by Crippen LogP contribution is 2.24. The van der Waals surface area contributed by atoms with Crippen LogP contribution >= 0.6 is 23.2 Å². The number of amides is 1. The molecule has 0 aromatic heterocycles. The molecule has 0 bridgehead atoms. The molecule has 1 aliphatic rings. The van der Waals surface area contributed by atoms with Crippen molar-refractivity contribution < 1.29 is 14.7 Å².